The van der Waals surface area contributed by atoms with E-state index in [-0.39, 0.29) is 0 Å². The van der Waals surface area contributed by atoms with Gasteiger partial charge < -0.3 is 10.1 Å². The Bertz CT molecular complexity index is 284. The predicted molar refractivity (Wildman–Crippen MR) is 72.3 cm³/mol. The number of benzene rings is 1. The number of hydrogen-bond donors (Lipinski definition) is 1. The average molecular weight is 239 g/mol. The van der Waals surface area contributed by atoms with Gasteiger partial charge in [-0.1, -0.05) is 26.0 Å². The fraction of sp³-hybridized carbons (Fsp3) is 0.538. The van der Waals surface area contributed by atoms with Crippen molar-refractivity contribution in [2.75, 3.05) is 18.6 Å². The third-order valence-corrected chi connectivity index (χ3v) is 2.77. The number of ether oxygens (including phenoxy) is 1. The average Bonchev–Trinajstić information content (AvgIpc) is 2.28. The second kappa shape index (κ2) is 7.58. The lowest BCUT2D eigenvalue weighted by atomic mass is 10.2. The highest BCUT2D eigenvalue weighted by Crippen LogP contribution is 2.12. The summed E-state index contributed by atoms with van der Waals surface area (Å²) < 4.78 is 5.59. The van der Waals surface area contributed by atoms with E-state index in [0.717, 1.165) is 24.7 Å². The van der Waals surface area contributed by atoms with Crippen molar-refractivity contribution in [2.24, 2.45) is 0 Å². The first-order valence-electron chi connectivity index (χ1n) is 5.66. The molecule has 0 heterocycles. The van der Waals surface area contributed by atoms with E-state index in [4.69, 9.17) is 4.74 Å². The minimum atomic E-state index is 0.525. The largest absolute Gasteiger partial charge is 0.493 e. The zero-order valence-corrected chi connectivity index (χ0v) is 11.1. The third kappa shape index (κ3) is 5.42. The molecule has 90 valence electrons. The van der Waals surface area contributed by atoms with Crippen molar-refractivity contribution in [2.45, 2.75) is 26.4 Å². The Kier molecular flexibility index (Phi) is 6.34. The van der Waals surface area contributed by atoms with Gasteiger partial charge >= 0.3 is 0 Å². The van der Waals surface area contributed by atoms with Crippen LogP contribution < -0.4 is 10.1 Å². The van der Waals surface area contributed by atoms with Crippen molar-refractivity contribution < 1.29 is 4.74 Å². The van der Waals surface area contributed by atoms with Crippen molar-refractivity contribution in [1.82, 2.24) is 5.32 Å². The Balaban J connectivity index is 2.35. The van der Waals surface area contributed by atoms with Crippen molar-refractivity contribution in [1.29, 1.82) is 0 Å². The van der Waals surface area contributed by atoms with Crippen molar-refractivity contribution in [3.8, 4) is 5.75 Å². The van der Waals surface area contributed by atoms with Crippen LogP contribution >= 0.6 is 11.8 Å². The Hall–Kier alpha value is -0.670. The summed E-state index contributed by atoms with van der Waals surface area (Å²) in [7, 11) is 0. The van der Waals surface area contributed by atoms with Crippen LogP contribution in [-0.4, -0.2) is 24.7 Å². The fourth-order valence-electron chi connectivity index (χ4n) is 1.27. The predicted octanol–water partition coefficient (Wildman–Crippen LogP) is 2.93. The first-order chi connectivity index (χ1) is 7.72. The molecule has 0 aliphatic heterocycles. The molecule has 0 unspecified atom stereocenters. The molecule has 1 rings (SSSR count). The SMILES string of the molecule is CSCCOc1ccc(CNC(C)C)cc1. The van der Waals surface area contributed by atoms with Crippen molar-refractivity contribution in [3.63, 3.8) is 0 Å². The van der Waals surface area contributed by atoms with E-state index < -0.39 is 0 Å². The summed E-state index contributed by atoms with van der Waals surface area (Å²) in [6, 6.07) is 8.83. The molecule has 0 saturated carbocycles. The third-order valence-electron chi connectivity index (χ3n) is 2.19. The number of nitrogens with one attached hydrogen (secondary N) is 1. The normalized spacial score (nSPS) is 10.8. The number of thioether (sulfide) groups is 1. The second-order valence-electron chi connectivity index (χ2n) is 4.02. The zero-order valence-electron chi connectivity index (χ0n) is 10.3. The van der Waals surface area contributed by atoms with Gasteiger partial charge in [-0.25, -0.2) is 0 Å². The van der Waals surface area contributed by atoms with Crippen LogP contribution in [0.25, 0.3) is 0 Å². The lowest BCUT2D eigenvalue weighted by Crippen LogP contribution is -2.21. The molecule has 1 aromatic rings. The van der Waals surface area contributed by atoms with Gasteiger partial charge in [0.05, 0.1) is 6.61 Å². The lowest BCUT2D eigenvalue weighted by molar-refractivity contribution is 0.344. The van der Waals surface area contributed by atoms with E-state index in [2.05, 4.69) is 37.6 Å². The maximum Gasteiger partial charge on any atom is 0.119 e. The highest BCUT2D eigenvalue weighted by molar-refractivity contribution is 7.98. The molecule has 1 N–H and O–H groups in total. The standard InChI is InChI=1S/C13H21NOS/c1-11(2)14-10-12-4-6-13(7-5-12)15-8-9-16-3/h4-7,11,14H,8-10H2,1-3H3. The minimum absolute atomic E-state index is 0.525. The molecule has 0 bridgehead atoms. The van der Waals surface area contributed by atoms with Crippen molar-refractivity contribution in [3.05, 3.63) is 29.8 Å². The Labute approximate surface area is 103 Å². The second-order valence-corrected chi connectivity index (χ2v) is 5.01. The summed E-state index contributed by atoms with van der Waals surface area (Å²) in [4.78, 5) is 0. The van der Waals surface area contributed by atoms with E-state index in [0.29, 0.717) is 6.04 Å². The zero-order chi connectivity index (χ0) is 11.8. The van der Waals surface area contributed by atoms with Crippen LogP contribution in [0.1, 0.15) is 19.4 Å². The molecule has 0 radical (unpaired) electrons. The summed E-state index contributed by atoms with van der Waals surface area (Å²) in [6.07, 6.45) is 2.09. The van der Waals surface area contributed by atoms with E-state index >= 15 is 0 Å². The molecule has 16 heavy (non-hydrogen) atoms. The van der Waals surface area contributed by atoms with Gasteiger partial charge in [0.15, 0.2) is 0 Å². The van der Waals surface area contributed by atoms with Gasteiger partial charge in [0, 0.05) is 18.3 Å². The fourth-order valence-corrected chi connectivity index (χ4v) is 1.52. The minimum Gasteiger partial charge on any atom is -0.493 e. The van der Waals surface area contributed by atoms with E-state index in [1.165, 1.54) is 5.56 Å². The van der Waals surface area contributed by atoms with Gasteiger partial charge in [0.25, 0.3) is 0 Å². The molecule has 0 aliphatic carbocycles. The summed E-state index contributed by atoms with van der Waals surface area (Å²) in [5.41, 5.74) is 1.30. The van der Waals surface area contributed by atoms with Crippen LogP contribution in [0.2, 0.25) is 0 Å². The molecule has 0 aromatic heterocycles. The molecule has 1 aromatic carbocycles. The summed E-state index contributed by atoms with van der Waals surface area (Å²) in [6.45, 7) is 6.01. The molecular weight excluding hydrogens is 218 g/mol. The lowest BCUT2D eigenvalue weighted by Gasteiger charge is -2.09. The van der Waals surface area contributed by atoms with Crippen molar-refractivity contribution >= 4 is 11.8 Å². The summed E-state index contributed by atoms with van der Waals surface area (Å²) >= 11 is 1.80. The van der Waals surface area contributed by atoms with E-state index in [1.54, 1.807) is 11.8 Å². The monoisotopic (exact) mass is 239 g/mol. The molecular formula is C13H21NOS. The van der Waals surface area contributed by atoms with Crippen LogP contribution in [0.4, 0.5) is 0 Å². The number of hydrogen-bond acceptors (Lipinski definition) is 3. The Morgan fingerprint density at radius 2 is 1.94 bits per heavy atom. The van der Waals surface area contributed by atoms with Crippen LogP contribution in [-0.2, 0) is 6.54 Å². The van der Waals surface area contributed by atoms with Crippen LogP contribution in [0.3, 0.4) is 0 Å². The topological polar surface area (TPSA) is 21.3 Å². The molecule has 0 atom stereocenters. The Morgan fingerprint density at radius 3 is 2.50 bits per heavy atom. The van der Waals surface area contributed by atoms with Gasteiger partial charge in [-0.05, 0) is 24.0 Å². The molecule has 0 aliphatic rings. The molecule has 0 fully saturated rings. The highest BCUT2D eigenvalue weighted by atomic mass is 32.2. The molecule has 3 heteroatoms. The molecule has 0 saturated heterocycles. The highest BCUT2D eigenvalue weighted by Gasteiger charge is 1.97. The first-order valence-corrected chi connectivity index (χ1v) is 7.06. The quantitative estimate of drug-likeness (QED) is 0.739. The maximum absolute atomic E-state index is 5.59. The van der Waals surface area contributed by atoms with E-state index in [9.17, 15) is 0 Å². The molecule has 0 amide bonds. The van der Waals surface area contributed by atoms with Crippen LogP contribution in [0.5, 0.6) is 5.75 Å². The van der Waals surface area contributed by atoms with Gasteiger partial charge in [-0.3, -0.25) is 0 Å². The Morgan fingerprint density at radius 1 is 1.25 bits per heavy atom. The number of rotatable bonds is 7. The van der Waals surface area contributed by atoms with Gasteiger partial charge in [0.2, 0.25) is 0 Å². The van der Waals surface area contributed by atoms with Crippen LogP contribution in [0.15, 0.2) is 24.3 Å². The van der Waals surface area contributed by atoms with E-state index in [1.807, 2.05) is 12.1 Å². The smallest absolute Gasteiger partial charge is 0.119 e. The molecule has 2 nitrogen and oxygen atoms in total. The van der Waals surface area contributed by atoms with Crippen LogP contribution in [0, 0.1) is 0 Å². The maximum atomic E-state index is 5.59. The summed E-state index contributed by atoms with van der Waals surface area (Å²) in [5, 5.41) is 3.39. The van der Waals surface area contributed by atoms with Gasteiger partial charge in [-0.15, -0.1) is 0 Å². The van der Waals surface area contributed by atoms with Gasteiger partial charge in [0.1, 0.15) is 5.75 Å². The first kappa shape index (κ1) is 13.4. The van der Waals surface area contributed by atoms with Gasteiger partial charge in [-0.2, -0.15) is 11.8 Å². The summed E-state index contributed by atoms with van der Waals surface area (Å²) in [5.74, 6) is 2.00. The molecule has 0 spiro atoms.